The van der Waals surface area contributed by atoms with Crippen LogP contribution in [0.3, 0.4) is 0 Å². The first-order valence-electron chi connectivity index (χ1n) is 6.63. The molecule has 1 nitrogen and oxygen atoms in total. The van der Waals surface area contributed by atoms with Crippen LogP contribution in [0.25, 0.3) is 0 Å². The van der Waals surface area contributed by atoms with E-state index >= 15 is 0 Å². The van der Waals surface area contributed by atoms with Crippen molar-refractivity contribution in [2.24, 2.45) is 0 Å². The van der Waals surface area contributed by atoms with Crippen molar-refractivity contribution in [1.82, 2.24) is 5.32 Å². The highest BCUT2D eigenvalue weighted by Gasteiger charge is 2.10. The van der Waals surface area contributed by atoms with Gasteiger partial charge in [0.15, 0.2) is 0 Å². The van der Waals surface area contributed by atoms with Gasteiger partial charge in [-0.2, -0.15) is 0 Å². The summed E-state index contributed by atoms with van der Waals surface area (Å²) < 4.78 is 0. The van der Waals surface area contributed by atoms with Crippen molar-refractivity contribution in [2.75, 3.05) is 12.8 Å². The molecular formula is C17H21NS. The average Bonchev–Trinajstić information content (AvgIpc) is 2.43. The molecule has 0 heterocycles. The zero-order chi connectivity index (χ0) is 13.7. The third kappa shape index (κ3) is 3.85. The normalized spacial score (nSPS) is 12.4. The molecule has 0 aliphatic carbocycles. The number of nitrogens with one attached hydrogen (secondary N) is 1. The van der Waals surface area contributed by atoms with E-state index in [-0.39, 0.29) is 0 Å². The van der Waals surface area contributed by atoms with Gasteiger partial charge in [0.1, 0.15) is 0 Å². The van der Waals surface area contributed by atoms with Crippen LogP contribution in [0.5, 0.6) is 0 Å². The molecule has 0 aliphatic rings. The molecular weight excluding hydrogens is 250 g/mol. The lowest BCUT2D eigenvalue weighted by molar-refractivity contribution is 0.661. The maximum Gasteiger partial charge on any atom is 0.0412 e. The highest BCUT2D eigenvalue weighted by molar-refractivity contribution is 7.99. The van der Waals surface area contributed by atoms with Crippen molar-refractivity contribution in [3.8, 4) is 0 Å². The number of rotatable bonds is 5. The molecule has 100 valence electrons. The van der Waals surface area contributed by atoms with Crippen molar-refractivity contribution >= 4 is 11.8 Å². The molecule has 0 fully saturated rings. The standard InChI is InChI=1S/C17H21NS/c1-13-8-10-15(11-9-13)16(18-3)12-19-17-7-5-4-6-14(17)2/h4-11,16,18H,12H2,1-3H3. The quantitative estimate of drug-likeness (QED) is 0.811. The second kappa shape index (κ2) is 6.78. The number of aryl methyl sites for hydroxylation is 2. The van der Waals surface area contributed by atoms with Crippen LogP contribution in [-0.2, 0) is 0 Å². The molecule has 0 aromatic heterocycles. The van der Waals surface area contributed by atoms with Crippen molar-refractivity contribution in [3.63, 3.8) is 0 Å². The summed E-state index contributed by atoms with van der Waals surface area (Å²) in [5, 5.41) is 3.41. The minimum atomic E-state index is 0.394. The highest BCUT2D eigenvalue weighted by atomic mass is 32.2. The molecule has 0 saturated heterocycles. The lowest BCUT2D eigenvalue weighted by Gasteiger charge is -2.17. The number of thioether (sulfide) groups is 1. The predicted octanol–water partition coefficient (Wildman–Crippen LogP) is 4.36. The van der Waals surface area contributed by atoms with Crippen LogP contribution < -0.4 is 5.32 Å². The lowest BCUT2D eigenvalue weighted by Crippen LogP contribution is -2.18. The van der Waals surface area contributed by atoms with Crippen LogP contribution in [0.4, 0.5) is 0 Å². The van der Waals surface area contributed by atoms with Gasteiger partial charge in [-0.15, -0.1) is 11.8 Å². The summed E-state index contributed by atoms with van der Waals surface area (Å²) in [6.45, 7) is 4.29. The van der Waals surface area contributed by atoms with E-state index in [1.54, 1.807) is 0 Å². The van der Waals surface area contributed by atoms with E-state index in [0.717, 1.165) is 5.75 Å². The van der Waals surface area contributed by atoms with Gasteiger partial charge in [0, 0.05) is 16.7 Å². The molecule has 0 radical (unpaired) electrons. The van der Waals surface area contributed by atoms with Crippen LogP contribution in [0.1, 0.15) is 22.7 Å². The van der Waals surface area contributed by atoms with Crippen LogP contribution in [0, 0.1) is 13.8 Å². The fourth-order valence-corrected chi connectivity index (χ4v) is 3.21. The molecule has 2 aromatic carbocycles. The molecule has 1 unspecified atom stereocenters. The van der Waals surface area contributed by atoms with Crippen LogP contribution in [-0.4, -0.2) is 12.8 Å². The van der Waals surface area contributed by atoms with Gasteiger partial charge >= 0.3 is 0 Å². The molecule has 0 aliphatic heterocycles. The Hall–Kier alpha value is -1.25. The molecule has 0 spiro atoms. The van der Waals surface area contributed by atoms with Gasteiger partial charge in [0.05, 0.1) is 0 Å². The van der Waals surface area contributed by atoms with Gasteiger partial charge in [-0.25, -0.2) is 0 Å². The zero-order valence-electron chi connectivity index (χ0n) is 11.8. The van der Waals surface area contributed by atoms with Crippen molar-refractivity contribution in [2.45, 2.75) is 24.8 Å². The largest absolute Gasteiger partial charge is 0.312 e. The second-order valence-electron chi connectivity index (χ2n) is 4.83. The summed E-state index contributed by atoms with van der Waals surface area (Å²) in [6, 6.07) is 17.7. The maximum atomic E-state index is 3.41. The van der Waals surface area contributed by atoms with E-state index in [9.17, 15) is 0 Å². The van der Waals surface area contributed by atoms with Crippen molar-refractivity contribution in [1.29, 1.82) is 0 Å². The summed E-state index contributed by atoms with van der Waals surface area (Å²) in [5.41, 5.74) is 4.02. The Bertz CT molecular complexity index is 519. The molecule has 1 atom stereocenters. The summed E-state index contributed by atoms with van der Waals surface area (Å²) in [5.74, 6) is 1.05. The molecule has 0 amide bonds. The van der Waals surface area contributed by atoms with Gasteiger partial charge in [0.2, 0.25) is 0 Å². The summed E-state index contributed by atoms with van der Waals surface area (Å²) >= 11 is 1.92. The Morgan fingerprint density at radius 1 is 1.00 bits per heavy atom. The fourth-order valence-electron chi connectivity index (χ4n) is 2.04. The Morgan fingerprint density at radius 3 is 2.32 bits per heavy atom. The van der Waals surface area contributed by atoms with Crippen LogP contribution >= 0.6 is 11.8 Å². The Morgan fingerprint density at radius 2 is 1.68 bits per heavy atom. The van der Waals surface area contributed by atoms with Crippen molar-refractivity contribution in [3.05, 3.63) is 65.2 Å². The first kappa shape index (κ1) is 14.2. The molecule has 0 saturated carbocycles. The molecule has 2 rings (SSSR count). The SMILES string of the molecule is CNC(CSc1ccccc1C)c1ccc(C)cc1. The molecule has 1 N–H and O–H groups in total. The fraction of sp³-hybridized carbons (Fsp3) is 0.294. The minimum absolute atomic E-state index is 0.394. The molecule has 2 heteroatoms. The monoisotopic (exact) mass is 271 g/mol. The van der Waals surface area contributed by atoms with Gasteiger partial charge in [0.25, 0.3) is 0 Å². The first-order chi connectivity index (χ1) is 9.20. The summed E-state index contributed by atoms with van der Waals surface area (Å²) in [4.78, 5) is 1.37. The first-order valence-corrected chi connectivity index (χ1v) is 7.61. The zero-order valence-corrected chi connectivity index (χ0v) is 12.6. The average molecular weight is 271 g/mol. The topological polar surface area (TPSA) is 12.0 Å². The minimum Gasteiger partial charge on any atom is -0.312 e. The smallest absolute Gasteiger partial charge is 0.0412 e. The Balaban J connectivity index is 2.04. The van der Waals surface area contributed by atoms with E-state index in [1.165, 1.54) is 21.6 Å². The second-order valence-corrected chi connectivity index (χ2v) is 5.89. The van der Waals surface area contributed by atoms with Gasteiger partial charge in [-0.1, -0.05) is 48.0 Å². The highest BCUT2D eigenvalue weighted by Crippen LogP contribution is 2.27. The number of hydrogen-bond donors (Lipinski definition) is 1. The van der Waals surface area contributed by atoms with E-state index < -0.39 is 0 Å². The van der Waals surface area contributed by atoms with E-state index in [0.29, 0.717) is 6.04 Å². The molecule has 19 heavy (non-hydrogen) atoms. The third-order valence-corrected chi connectivity index (χ3v) is 4.60. The van der Waals surface area contributed by atoms with Gasteiger partial charge in [-0.05, 0) is 38.1 Å². The number of hydrogen-bond acceptors (Lipinski definition) is 2. The number of benzene rings is 2. The van der Waals surface area contributed by atoms with E-state index in [2.05, 4.69) is 67.7 Å². The molecule has 2 aromatic rings. The molecule has 0 bridgehead atoms. The Labute approximate surface area is 120 Å². The lowest BCUT2D eigenvalue weighted by atomic mass is 10.1. The van der Waals surface area contributed by atoms with Gasteiger partial charge < -0.3 is 5.32 Å². The van der Waals surface area contributed by atoms with E-state index in [1.807, 2.05) is 18.8 Å². The predicted molar refractivity (Wildman–Crippen MR) is 84.9 cm³/mol. The van der Waals surface area contributed by atoms with Gasteiger partial charge in [-0.3, -0.25) is 0 Å². The van der Waals surface area contributed by atoms with Crippen molar-refractivity contribution < 1.29 is 0 Å². The third-order valence-electron chi connectivity index (χ3n) is 3.33. The summed E-state index contributed by atoms with van der Waals surface area (Å²) in [6.07, 6.45) is 0. The summed E-state index contributed by atoms with van der Waals surface area (Å²) in [7, 11) is 2.03. The Kier molecular flexibility index (Phi) is 5.06. The maximum absolute atomic E-state index is 3.41. The van der Waals surface area contributed by atoms with Crippen LogP contribution in [0.15, 0.2) is 53.4 Å². The van der Waals surface area contributed by atoms with Crippen LogP contribution in [0.2, 0.25) is 0 Å². The van der Waals surface area contributed by atoms with E-state index in [4.69, 9.17) is 0 Å².